The summed E-state index contributed by atoms with van der Waals surface area (Å²) in [6.07, 6.45) is 1.43. The van der Waals surface area contributed by atoms with E-state index in [0.717, 1.165) is 24.4 Å². The van der Waals surface area contributed by atoms with Gasteiger partial charge < -0.3 is 10.6 Å². The third-order valence-electron chi connectivity index (χ3n) is 4.33. The monoisotopic (exact) mass is 387 g/mol. The molecule has 1 aromatic rings. The Bertz CT molecular complexity index is 692. The van der Waals surface area contributed by atoms with Crippen LogP contribution in [0.2, 0.25) is 0 Å². The summed E-state index contributed by atoms with van der Waals surface area (Å²) in [6, 6.07) is 3.46. The van der Waals surface area contributed by atoms with Crippen LogP contribution in [0.3, 0.4) is 0 Å². The molecule has 1 fully saturated rings. The fourth-order valence-corrected chi connectivity index (χ4v) is 5.40. The van der Waals surface area contributed by atoms with Crippen molar-refractivity contribution >= 4 is 27.3 Å². The van der Waals surface area contributed by atoms with Gasteiger partial charge in [0.1, 0.15) is 4.21 Å². The highest BCUT2D eigenvalue weighted by atomic mass is 32.2. The molecule has 3 N–H and O–H groups in total. The predicted octanol–water partition coefficient (Wildman–Crippen LogP) is 1.73. The molecule has 0 aromatic carbocycles. The first-order valence-electron chi connectivity index (χ1n) is 8.69. The van der Waals surface area contributed by atoms with Crippen molar-refractivity contribution in [2.75, 3.05) is 19.6 Å². The van der Waals surface area contributed by atoms with E-state index in [-0.39, 0.29) is 17.9 Å². The molecule has 1 amide bonds. The molecule has 2 unspecified atom stereocenters. The lowest BCUT2D eigenvalue weighted by Gasteiger charge is -2.29. The Morgan fingerprint density at radius 3 is 2.72 bits per heavy atom. The first-order valence-corrected chi connectivity index (χ1v) is 11.0. The summed E-state index contributed by atoms with van der Waals surface area (Å²) < 4.78 is 28.3. The van der Waals surface area contributed by atoms with Crippen LogP contribution in [0.25, 0.3) is 0 Å². The molecule has 25 heavy (non-hydrogen) atoms. The SMILES string of the molecule is CC1CNCCC1NS(=O)(=O)c1ccc(CCNC(=O)C(C)(C)C)s1. The Labute approximate surface area is 154 Å². The van der Waals surface area contributed by atoms with Gasteiger partial charge in [0.2, 0.25) is 15.9 Å². The quantitative estimate of drug-likeness (QED) is 0.694. The van der Waals surface area contributed by atoms with Gasteiger partial charge in [0.05, 0.1) is 0 Å². The van der Waals surface area contributed by atoms with E-state index in [0.29, 0.717) is 17.2 Å². The lowest BCUT2D eigenvalue weighted by molar-refractivity contribution is -0.128. The van der Waals surface area contributed by atoms with Gasteiger partial charge in [-0.05, 0) is 44.0 Å². The number of carbonyl (C=O) groups is 1. The third kappa shape index (κ3) is 5.77. The van der Waals surface area contributed by atoms with Gasteiger partial charge in [0.25, 0.3) is 0 Å². The molecule has 0 radical (unpaired) electrons. The van der Waals surface area contributed by atoms with Crippen molar-refractivity contribution < 1.29 is 13.2 Å². The van der Waals surface area contributed by atoms with Crippen LogP contribution in [0.4, 0.5) is 0 Å². The molecule has 1 aliphatic heterocycles. The van der Waals surface area contributed by atoms with Gasteiger partial charge in [0, 0.05) is 22.9 Å². The number of hydrogen-bond donors (Lipinski definition) is 3. The van der Waals surface area contributed by atoms with Gasteiger partial charge >= 0.3 is 0 Å². The van der Waals surface area contributed by atoms with Crippen molar-refractivity contribution in [3.63, 3.8) is 0 Å². The summed E-state index contributed by atoms with van der Waals surface area (Å²) in [6.45, 7) is 9.83. The molecule has 2 atom stereocenters. The summed E-state index contributed by atoms with van der Waals surface area (Å²) in [4.78, 5) is 12.8. The standard InChI is InChI=1S/C17H29N3O3S2/c1-12-11-18-9-8-14(12)20-25(22,23)15-6-5-13(24-15)7-10-19-16(21)17(2,3)4/h5-6,12,14,18,20H,7-11H2,1-4H3,(H,19,21). The van der Waals surface area contributed by atoms with Crippen LogP contribution in [-0.4, -0.2) is 40.0 Å². The average Bonchev–Trinajstić information content (AvgIpc) is 2.98. The van der Waals surface area contributed by atoms with E-state index in [2.05, 4.69) is 22.3 Å². The minimum atomic E-state index is -3.48. The fourth-order valence-electron chi connectivity index (χ4n) is 2.65. The normalized spacial score (nSPS) is 21.9. The molecule has 0 spiro atoms. The first-order chi connectivity index (χ1) is 11.6. The van der Waals surface area contributed by atoms with E-state index in [1.54, 1.807) is 6.07 Å². The maximum atomic E-state index is 12.6. The van der Waals surface area contributed by atoms with Crippen molar-refractivity contribution in [2.24, 2.45) is 11.3 Å². The number of thiophene rings is 1. The van der Waals surface area contributed by atoms with Crippen molar-refractivity contribution in [2.45, 2.75) is 50.8 Å². The van der Waals surface area contributed by atoms with Crippen LogP contribution in [0.15, 0.2) is 16.3 Å². The van der Waals surface area contributed by atoms with Crippen LogP contribution in [-0.2, 0) is 21.2 Å². The molecule has 0 bridgehead atoms. The molecular formula is C17H29N3O3S2. The lowest BCUT2D eigenvalue weighted by Crippen LogP contribution is -2.48. The van der Waals surface area contributed by atoms with Crippen molar-refractivity contribution in [1.82, 2.24) is 15.4 Å². The van der Waals surface area contributed by atoms with Gasteiger partial charge in [-0.3, -0.25) is 4.79 Å². The number of sulfonamides is 1. The van der Waals surface area contributed by atoms with Crippen molar-refractivity contribution in [1.29, 1.82) is 0 Å². The summed E-state index contributed by atoms with van der Waals surface area (Å²) in [5, 5.41) is 6.16. The molecule has 0 aliphatic carbocycles. The molecule has 0 saturated carbocycles. The predicted molar refractivity (Wildman–Crippen MR) is 101 cm³/mol. The highest BCUT2D eigenvalue weighted by molar-refractivity contribution is 7.91. The molecular weight excluding hydrogens is 358 g/mol. The Morgan fingerprint density at radius 1 is 1.36 bits per heavy atom. The Morgan fingerprint density at radius 2 is 2.08 bits per heavy atom. The highest BCUT2D eigenvalue weighted by Crippen LogP contribution is 2.23. The number of rotatable bonds is 6. The molecule has 1 saturated heterocycles. The molecule has 2 rings (SSSR count). The van der Waals surface area contributed by atoms with E-state index in [1.165, 1.54) is 11.3 Å². The molecule has 1 aromatic heterocycles. The van der Waals surface area contributed by atoms with Crippen LogP contribution in [0.5, 0.6) is 0 Å². The number of piperidine rings is 1. The van der Waals surface area contributed by atoms with Crippen LogP contribution in [0.1, 0.15) is 39.0 Å². The second-order valence-corrected chi connectivity index (χ2v) is 10.8. The first kappa shape index (κ1) is 20.4. The Balaban J connectivity index is 1.92. The van der Waals surface area contributed by atoms with E-state index in [4.69, 9.17) is 0 Å². The number of nitrogens with one attached hydrogen (secondary N) is 3. The van der Waals surface area contributed by atoms with E-state index in [9.17, 15) is 13.2 Å². The lowest BCUT2D eigenvalue weighted by atomic mass is 9.96. The van der Waals surface area contributed by atoms with E-state index >= 15 is 0 Å². The summed E-state index contributed by atoms with van der Waals surface area (Å²) in [7, 11) is -3.48. The zero-order chi connectivity index (χ0) is 18.7. The average molecular weight is 388 g/mol. The number of carbonyl (C=O) groups excluding carboxylic acids is 1. The third-order valence-corrected chi connectivity index (χ3v) is 7.46. The fraction of sp³-hybridized carbons (Fsp3) is 0.706. The summed E-state index contributed by atoms with van der Waals surface area (Å²) in [5.74, 6) is 0.272. The number of amides is 1. The molecule has 142 valence electrons. The van der Waals surface area contributed by atoms with Crippen LogP contribution in [0, 0.1) is 11.3 Å². The van der Waals surface area contributed by atoms with Gasteiger partial charge in [0.15, 0.2) is 0 Å². The molecule has 2 heterocycles. The van der Waals surface area contributed by atoms with E-state index < -0.39 is 15.4 Å². The zero-order valence-electron chi connectivity index (χ0n) is 15.4. The Hall–Kier alpha value is -0.960. The van der Waals surface area contributed by atoms with Crippen molar-refractivity contribution in [3.8, 4) is 0 Å². The minimum Gasteiger partial charge on any atom is -0.355 e. The molecule has 8 heteroatoms. The van der Waals surface area contributed by atoms with Gasteiger partial charge in [-0.2, -0.15) is 0 Å². The van der Waals surface area contributed by atoms with Gasteiger partial charge in [-0.15, -0.1) is 11.3 Å². The van der Waals surface area contributed by atoms with Crippen LogP contribution >= 0.6 is 11.3 Å². The topological polar surface area (TPSA) is 87.3 Å². The molecule has 6 nitrogen and oxygen atoms in total. The van der Waals surface area contributed by atoms with Gasteiger partial charge in [-0.25, -0.2) is 13.1 Å². The minimum absolute atomic E-state index is 0.00142. The zero-order valence-corrected chi connectivity index (χ0v) is 17.0. The Kier molecular flexibility index (Phi) is 6.64. The smallest absolute Gasteiger partial charge is 0.250 e. The second kappa shape index (κ2) is 8.16. The van der Waals surface area contributed by atoms with Crippen LogP contribution < -0.4 is 15.4 Å². The van der Waals surface area contributed by atoms with Crippen molar-refractivity contribution in [3.05, 3.63) is 17.0 Å². The maximum Gasteiger partial charge on any atom is 0.250 e. The summed E-state index contributed by atoms with van der Waals surface area (Å²) in [5.41, 5.74) is -0.417. The van der Waals surface area contributed by atoms with Gasteiger partial charge in [-0.1, -0.05) is 27.7 Å². The summed E-state index contributed by atoms with van der Waals surface area (Å²) >= 11 is 1.27. The maximum absolute atomic E-state index is 12.6. The second-order valence-electron chi connectivity index (χ2n) is 7.67. The van der Waals surface area contributed by atoms with E-state index in [1.807, 2.05) is 26.8 Å². The number of hydrogen-bond acceptors (Lipinski definition) is 5. The highest BCUT2D eigenvalue weighted by Gasteiger charge is 2.27. The molecule has 1 aliphatic rings. The largest absolute Gasteiger partial charge is 0.355 e.